The fourth-order valence-corrected chi connectivity index (χ4v) is 4.20. The van der Waals surface area contributed by atoms with Crippen molar-refractivity contribution in [1.82, 2.24) is 25.5 Å². The summed E-state index contributed by atoms with van der Waals surface area (Å²) >= 11 is 0. The number of benzene rings is 1. The molecule has 2 aliphatic heterocycles. The molecule has 5 rings (SSSR count). The van der Waals surface area contributed by atoms with E-state index in [0.717, 1.165) is 75.4 Å². The van der Waals surface area contributed by atoms with Crippen LogP contribution in [0.25, 0.3) is 11.3 Å². The number of nitrogens with one attached hydrogen (secondary N) is 2. The van der Waals surface area contributed by atoms with E-state index in [2.05, 4.69) is 60.5 Å². The first-order valence-corrected chi connectivity index (χ1v) is 10.6. The van der Waals surface area contributed by atoms with Crippen molar-refractivity contribution in [3.63, 3.8) is 0 Å². The highest BCUT2D eigenvalue weighted by Gasteiger charge is 2.26. The number of hydrogen-bond acceptors (Lipinski definition) is 7. The summed E-state index contributed by atoms with van der Waals surface area (Å²) in [6, 6.07) is 14.5. The highest BCUT2D eigenvalue weighted by molar-refractivity contribution is 5.70. The number of anilines is 2. The molecule has 8 nitrogen and oxygen atoms in total. The zero-order valence-corrected chi connectivity index (χ0v) is 17.0. The van der Waals surface area contributed by atoms with Crippen LogP contribution in [-0.2, 0) is 0 Å². The van der Waals surface area contributed by atoms with Gasteiger partial charge < -0.3 is 15.1 Å². The summed E-state index contributed by atoms with van der Waals surface area (Å²) in [6.07, 6.45) is 3.59. The third-order valence-electron chi connectivity index (χ3n) is 5.85. The number of aromatic nitrogens is 4. The van der Waals surface area contributed by atoms with Gasteiger partial charge in [-0.25, -0.2) is 9.97 Å². The Morgan fingerprint density at radius 1 is 0.800 bits per heavy atom. The zero-order chi connectivity index (χ0) is 20.2. The zero-order valence-electron chi connectivity index (χ0n) is 17.0. The molecule has 0 radical (unpaired) electrons. The predicted molar refractivity (Wildman–Crippen MR) is 117 cm³/mol. The highest BCUT2D eigenvalue weighted by Crippen LogP contribution is 2.26. The molecule has 0 saturated carbocycles. The van der Waals surface area contributed by atoms with Crippen molar-refractivity contribution in [1.29, 1.82) is 0 Å². The molecule has 0 spiro atoms. The Morgan fingerprint density at radius 3 is 2.23 bits per heavy atom. The third kappa shape index (κ3) is 3.96. The minimum absolute atomic E-state index is 0.800. The van der Waals surface area contributed by atoms with Gasteiger partial charge in [0.2, 0.25) is 5.95 Å². The smallest absolute Gasteiger partial charge is 0.225 e. The van der Waals surface area contributed by atoms with Crippen LogP contribution in [0, 0.1) is 0 Å². The SMILES string of the molecule is c1ccc(-c2nnc(N3CCN(c4ncccn4)CC3)cc2[NH+]2CCNCC2)cc1. The molecule has 0 bridgehead atoms. The molecule has 0 unspecified atom stereocenters. The van der Waals surface area contributed by atoms with Gasteiger partial charge in [-0.1, -0.05) is 30.3 Å². The second-order valence-corrected chi connectivity index (χ2v) is 7.71. The fraction of sp³-hybridized carbons (Fsp3) is 0.364. The van der Waals surface area contributed by atoms with Crippen molar-refractivity contribution in [2.24, 2.45) is 0 Å². The lowest BCUT2D eigenvalue weighted by atomic mass is 10.1. The Bertz CT molecular complexity index is 951. The summed E-state index contributed by atoms with van der Waals surface area (Å²) in [4.78, 5) is 14.8. The van der Waals surface area contributed by atoms with Crippen molar-refractivity contribution >= 4 is 17.5 Å². The molecule has 0 aliphatic carbocycles. The molecule has 3 aromatic rings. The van der Waals surface area contributed by atoms with E-state index in [1.165, 1.54) is 10.6 Å². The lowest BCUT2D eigenvalue weighted by Crippen LogP contribution is -3.10. The van der Waals surface area contributed by atoms with Crippen LogP contribution in [0.3, 0.4) is 0 Å². The van der Waals surface area contributed by atoms with Gasteiger partial charge >= 0.3 is 0 Å². The molecule has 8 heteroatoms. The molecule has 2 N–H and O–H groups in total. The first kappa shape index (κ1) is 18.9. The van der Waals surface area contributed by atoms with Crippen molar-refractivity contribution in [3.8, 4) is 11.3 Å². The number of piperazine rings is 2. The van der Waals surface area contributed by atoms with Gasteiger partial charge in [0.15, 0.2) is 17.2 Å². The van der Waals surface area contributed by atoms with Gasteiger partial charge in [0.1, 0.15) is 0 Å². The van der Waals surface area contributed by atoms with E-state index in [1.807, 2.05) is 12.1 Å². The molecule has 4 heterocycles. The monoisotopic (exact) mass is 403 g/mol. The average Bonchev–Trinajstić information content (AvgIpc) is 2.85. The summed E-state index contributed by atoms with van der Waals surface area (Å²) in [5, 5.41) is 12.8. The molecule has 0 atom stereocenters. The highest BCUT2D eigenvalue weighted by atomic mass is 15.4. The maximum Gasteiger partial charge on any atom is 0.225 e. The molecular weight excluding hydrogens is 376 g/mol. The van der Waals surface area contributed by atoms with E-state index in [0.29, 0.717) is 0 Å². The van der Waals surface area contributed by atoms with Crippen LogP contribution in [0.1, 0.15) is 0 Å². The second kappa shape index (κ2) is 8.73. The molecule has 2 saturated heterocycles. The number of rotatable bonds is 4. The van der Waals surface area contributed by atoms with Crippen LogP contribution in [0.15, 0.2) is 54.9 Å². The average molecular weight is 404 g/mol. The van der Waals surface area contributed by atoms with Crippen molar-refractivity contribution in [2.45, 2.75) is 0 Å². The van der Waals surface area contributed by atoms with Gasteiger partial charge in [-0.15, -0.1) is 10.2 Å². The maximum absolute atomic E-state index is 4.71. The van der Waals surface area contributed by atoms with Gasteiger partial charge in [-0.05, 0) is 6.07 Å². The van der Waals surface area contributed by atoms with E-state index in [4.69, 9.17) is 5.10 Å². The van der Waals surface area contributed by atoms with Gasteiger partial charge in [-0.3, -0.25) is 4.90 Å². The Kier molecular flexibility index (Phi) is 5.50. The predicted octanol–water partition coefficient (Wildman–Crippen LogP) is 0.380. The van der Waals surface area contributed by atoms with E-state index >= 15 is 0 Å². The van der Waals surface area contributed by atoms with Gasteiger partial charge in [0.05, 0.1) is 13.1 Å². The summed E-state index contributed by atoms with van der Waals surface area (Å²) in [7, 11) is 0. The van der Waals surface area contributed by atoms with Crippen molar-refractivity contribution in [2.75, 3.05) is 62.2 Å². The van der Waals surface area contributed by atoms with Gasteiger partial charge in [-0.2, -0.15) is 0 Å². The normalized spacial score (nSPS) is 17.9. The topological polar surface area (TPSA) is 74.5 Å². The number of hydrogen-bond donors (Lipinski definition) is 2. The standard InChI is InChI=1S/C22H26N8/c1-2-5-18(6-3-1)21-19(28-11-9-23-10-12-28)17-20(26-27-21)29-13-15-30(16-14-29)22-24-7-4-8-25-22/h1-8,17,23H,9-16H2/p+1. The third-order valence-corrected chi connectivity index (χ3v) is 5.85. The lowest BCUT2D eigenvalue weighted by Gasteiger charge is -2.35. The summed E-state index contributed by atoms with van der Waals surface area (Å²) < 4.78 is 0. The Morgan fingerprint density at radius 2 is 1.50 bits per heavy atom. The van der Waals surface area contributed by atoms with E-state index in [9.17, 15) is 0 Å². The Hall–Kier alpha value is -3.10. The molecule has 2 fully saturated rings. The first-order chi connectivity index (χ1) is 14.9. The molecule has 0 amide bonds. The Labute approximate surface area is 176 Å². The van der Waals surface area contributed by atoms with Crippen molar-refractivity contribution < 1.29 is 4.90 Å². The maximum atomic E-state index is 4.71. The lowest BCUT2D eigenvalue weighted by molar-refractivity contribution is -0.834. The fourth-order valence-electron chi connectivity index (χ4n) is 4.20. The largest absolute Gasteiger partial charge is 0.351 e. The Balaban J connectivity index is 1.39. The number of nitrogens with zero attached hydrogens (tertiary/aromatic N) is 6. The van der Waals surface area contributed by atoms with E-state index in [-0.39, 0.29) is 0 Å². The number of quaternary nitrogens is 1. The van der Waals surface area contributed by atoms with Crippen LogP contribution < -0.4 is 20.0 Å². The van der Waals surface area contributed by atoms with E-state index in [1.54, 1.807) is 12.4 Å². The molecule has 2 aliphatic rings. The minimum Gasteiger partial charge on any atom is -0.351 e. The molecule has 30 heavy (non-hydrogen) atoms. The van der Waals surface area contributed by atoms with Crippen LogP contribution in [-0.4, -0.2) is 72.5 Å². The summed E-state index contributed by atoms with van der Waals surface area (Å²) in [5.41, 5.74) is 3.37. The van der Waals surface area contributed by atoms with Gasteiger partial charge in [0, 0.05) is 63.3 Å². The summed E-state index contributed by atoms with van der Waals surface area (Å²) in [5.74, 6) is 1.76. The van der Waals surface area contributed by atoms with Crippen molar-refractivity contribution in [3.05, 3.63) is 54.9 Å². The minimum atomic E-state index is 0.800. The van der Waals surface area contributed by atoms with Gasteiger partial charge in [0.25, 0.3) is 0 Å². The van der Waals surface area contributed by atoms with E-state index < -0.39 is 0 Å². The first-order valence-electron chi connectivity index (χ1n) is 10.6. The summed E-state index contributed by atoms with van der Waals surface area (Å²) in [6.45, 7) is 7.69. The molecule has 154 valence electrons. The second-order valence-electron chi connectivity index (χ2n) is 7.71. The quantitative estimate of drug-likeness (QED) is 0.652. The molecular formula is C22H27N8+. The molecule has 2 aromatic heterocycles. The van der Waals surface area contributed by atoms with Crippen LogP contribution >= 0.6 is 0 Å². The van der Waals surface area contributed by atoms with Crippen LogP contribution in [0.4, 0.5) is 17.5 Å². The molecule has 1 aromatic carbocycles. The van der Waals surface area contributed by atoms with Crippen LogP contribution in [0.5, 0.6) is 0 Å². The van der Waals surface area contributed by atoms with Crippen LogP contribution in [0.2, 0.25) is 0 Å².